The summed E-state index contributed by atoms with van der Waals surface area (Å²) in [5.41, 5.74) is 21.3. The van der Waals surface area contributed by atoms with Crippen LogP contribution in [0, 0.1) is 6.92 Å². The van der Waals surface area contributed by atoms with Gasteiger partial charge in [-0.25, -0.2) is 0 Å². The molecule has 0 N–H and O–H groups in total. The van der Waals surface area contributed by atoms with Crippen molar-refractivity contribution in [2.24, 2.45) is 0 Å². The summed E-state index contributed by atoms with van der Waals surface area (Å²) in [7, 11) is 0. The summed E-state index contributed by atoms with van der Waals surface area (Å²) in [5.74, 6) is 0. The van der Waals surface area contributed by atoms with Crippen molar-refractivity contribution in [2.45, 2.75) is 162 Å². The highest BCUT2D eigenvalue weighted by Gasteiger charge is 2.49. The van der Waals surface area contributed by atoms with Crippen LogP contribution < -0.4 is 25.5 Å². The van der Waals surface area contributed by atoms with Crippen LogP contribution >= 0.6 is 11.3 Å². The molecule has 0 amide bonds. The topological polar surface area (TPSA) is 6.48 Å². The lowest BCUT2D eigenvalue weighted by Crippen LogP contribution is -2.61. The number of benzene rings is 5. The molecule has 0 unspecified atom stereocenters. The Morgan fingerprint density at radius 1 is 0.525 bits per heavy atom. The van der Waals surface area contributed by atoms with E-state index in [0.717, 1.165) is 0 Å². The molecule has 10 rings (SSSR count). The van der Waals surface area contributed by atoms with Crippen molar-refractivity contribution in [3.8, 4) is 0 Å². The largest absolute Gasteiger partial charge is 0.311 e. The van der Waals surface area contributed by atoms with Gasteiger partial charge in [-0.15, -0.1) is 11.3 Å². The summed E-state index contributed by atoms with van der Waals surface area (Å²) in [5, 5.41) is 1.35. The first kappa shape index (κ1) is 40.8. The van der Waals surface area contributed by atoms with Gasteiger partial charge in [0.15, 0.2) is 0 Å². The fraction of sp³-hybridized carbons (Fsp3) is 0.439. The van der Waals surface area contributed by atoms with Gasteiger partial charge in [-0.2, -0.15) is 0 Å². The normalized spacial score (nSPS) is 19.2. The van der Waals surface area contributed by atoms with Crippen LogP contribution in [0.15, 0.2) is 84.9 Å². The highest BCUT2D eigenvalue weighted by atomic mass is 32.1. The van der Waals surface area contributed by atoms with Crippen molar-refractivity contribution in [1.82, 2.24) is 0 Å². The highest BCUT2D eigenvalue weighted by molar-refractivity contribution is 7.33. The minimum absolute atomic E-state index is 0.0617. The number of hydrogen-bond acceptors (Lipinski definition) is 3. The molecule has 1 aromatic heterocycles. The van der Waals surface area contributed by atoms with E-state index in [9.17, 15) is 0 Å². The smallest absolute Gasteiger partial charge is 0.264 e. The molecule has 61 heavy (non-hydrogen) atoms. The first-order chi connectivity index (χ1) is 28.4. The molecule has 6 aromatic rings. The Balaban J connectivity index is 1.36. The van der Waals surface area contributed by atoms with Crippen molar-refractivity contribution in [3.63, 3.8) is 0 Å². The number of fused-ring (bicyclic) bond motifs is 8. The molecule has 5 aromatic carbocycles. The van der Waals surface area contributed by atoms with Gasteiger partial charge in [-0.3, -0.25) is 0 Å². The van der Waals surface area contributed by atoms with Gasteiger partial charge in [-0.05, 0) is 157 Å². The van der Waals surface area contributed by atoms with Gasteiger partial charge in [0.2, 0.25) is 0 Å². The summed E-state index contributed by atoms with van der Waals surface area (Å²) >= 11 is 2.02. The Hall–Kier alpha value is -4.28. The Morgan fingerprint density at radius 3 is 1.69 bits per heavy atom. The quantitative estimate of drug-likeness (QED) is 0.160. The van der Waals surface area contributed by atoms with Gasteiger partial charge in [0.1, 0.15) is 0 Å². The molecule has 2 aliphatic carbocycles. The predicted molar refractivity (Wildman–Crippen MR) is 269 cm³/mol. The number of rotatable bonds is 2. The zero-order valence-electron chi connectivity index (χ0n) is 39.8. The first-order valence-electron chi connectivity index (χ1n) is 23.1. The Kier molecular flexibility index (Phi) is 8.63. The average molecular weight is 823 g/mol. The number of hydrogen-bond donors (Lipinski definition) is 0. The third-order valence-electron chi connectivity index (χ3n) is 15.8. The number of aryl methyl sites for hydroxylation is 1. The maximum atomic E-state index is 2.72. The average Bonchev–Trinajstić information content (AvgIpc) is 3.56. The third-order valence-corrected chi connectivity index (χ3v) is 17.0. The standard InChI is InChI=1S/C57H67BN2S/c1-34-28-35(52(2,3)4)20-23-44(34)60-47-30-36(53(5,6)7)29-46-49(47)58(51-50(60)38-18-16-17-19-48(38)61-51)43-32-41-42(57(14,15)27-26-56(41,12)13)33-45(43)59(46)37-21-22-39-40(31-37)55(10,11)25-24-54(39,8)9/h16-23,28-33H,24-27H2,1-15H3. The summed E-state index contributed by atoms with van der Waals surface area (Å²) in [6, 6.07) is 34.6. The van der Waals surface area contributed by atoms with E-state index < -0.39 is 0 Å². The van der Waals surface area contributed by atoms with Gasteiger partial charge >= 0.3 is 0 Å². The van der Waals surface area contributed by atoms with Crippen LogP contribution in [-0.2, 0) is 32.5 Å². The van der Waals surface area contributed by atoms with Crippen molar-refractivity contribution in [1.29, 1.82) is 0 Å². The third kappa shape index (κ3) is 6.07. The van der Waals surface area contributed by atoms with E-state index in [0.29, 0.717) is 0 Å². The molecule has 0 atom stereocenters. The fourth-order valence-corrected chi connectivity index (χ4v) is 12.9. The molecule has 0 saturated carbocycles. The van der Waals surface area contributed by atoms with Crippen LogP contribution in [0.1, 0.15) is 162 Å². The number of anilines is 6. The monoisotopic (exact) mass is 823 g/mol. The maximum absolute atomic E-state index is 2.72. The van der Waals surface area contributed by atoms with Gasteiger partial charge in [0.25, 0.3) is 6.71 Å². The van der Waals surface area contributed by atoms with Crippen LogP contribution in [0.4, 0.5) is 34.1 Å². The fourth-order valence-electron chi connectivity index (χ4n) is 11.5. The molecular formula is C57H67BN2S. The van der Waals surface area contributed by atoms with Crippen LogP contribution in [0.2, 0.25) is 0 Å². The lowest BCUT2D eigenvalue weighted by Gasteiger charge is -2.48. The molecule has 2 nitrogen and oxygen atoms in total. The molecule has 4 heteroatoms. The molecule has 2 aliphatic heterocycles. The van der Waals surface area contributed by atoms with E-state index >= 15 is 0 Å². The van der Waals surface area contributed by atoms with E-state index in [4.69, 9.17) is 0 Å². The lowest BCUT2D eigenvalue weighted by molar-refractivity contribution is 0.332. The maximum Gasteiger partial charge on any atom is 0.264 e. The highest BCUT2D eigenvalue weighted by Crippen LogP contribution is 2.54. The van der Waals surface area contributed by atoms with Crippen molar-refractivity contribution >= 4 is 78.0 Å². The Bertz CT molecular complexity index is 2820. The molecule has 3 heterocycles. The van der Waals surface area contributed by atoms with Crippen LogP contribution in [-0.4, -0.2) is 6.71 Å². The number of nitrogens with zero attached hydrogens (tertiary/aromatic N) is 2. The van der Waals surface area contributed by atoms with Gasteiger partial charge in [0, 0.05) is 43.3 Å². The van der Waals surface area contributed by atoms with Crippen molar-refractivity contribution < 1.29 is 0 Å². The Labute approximate surface area is 371 Å². The van der Waals surface area contributed by atoms with Gasteiger partial charge < -0.3 is 9.80 Å². The molecular weight excluding hydrogens is 756 g/mol. The second kappa shape index (κ2) is 12.9. The lowest BCUT2D eigenvalue weighted by atomic mass is 9.35. The molecule has 0 spiro atoms. The minimum Gasteiger partial charge on any atom is -0.311 e. The molecule has 0 fully saturated rings. The van der Waals surface area contributed by atoms with E-state index in [1.54, 1.807) is 0 Å². The SMILES string of the molecule is Cc1cc(C(C)(C)C)ccc1N1c2cc(C(C)(C)C)cc3c2B(c2cc4c(cc2N3c2ccc3c(c2)C(C)(C)CCC3(C)C)C(C)(C)CCC4(C)C)c2sc3ccccc3c21. The van der Waals surface area contributed by atoms with Gasteiger partial charge in [-0.1, -0.05) is 139 Å². The second-order valence-electron chi connectivity index (χ2n) is 24.1. The second-order valence-corrected chi connectivity index (χ2v) is 25.2. The molecule has 0 radical (unpaired) electrons. The molecule has 4 aliphatic rings. The van der Waals surface area contributed by atoms with Crippen LogP contribution in [0.5, 0.6) is 0 Å². The summed E-state index contributed by atoms with van der Waals surface area (Å²) in [6.45, 7) is 36.4. The summed E-state index contributed by atoms with van der Waals surface area (Å²) < 4.78 is 2.81. The minimum atomic E-state index is -0.0789. The molecule has 0 bridgehead atoms. The van der Waals surface area contributed by atoms with Gasteiger partial charge in [0.05, 0.1) is 5.69 Å². The zero-order chi connectivity index (χ0) is 43.6. The summed E-state index contributed by atoms with van der Waals surface area (Å²) in [4.78, 5) is 5.41. The van der Waals surface area contributed by atoms with Crippen LogP contribution in [0.3, 0.4) is 0 Å². The van der Waals surface area contributed by atoms with Crippen LogP contribution in [0.25, 0.3) is 10.1 Å². The van der Waals surface area contributed by atoms with E-state index in [1.165, 1.54) is 125 Å². The van der Waals surface area contributed by atoms with Crippen molar-refractivity contribution in [2.75, 3.05) is 9.80 Å². The Morgan fingerprint density at radius 2 is 1.08 bits per heavy atom. The van der Waals surface area contributed by atoms with E-state index in [2.05, 4.69) is 199 Å². The summed E-state index contributed by atoms with van der Waals surface area (Å²) in [6.07, 6.45) is 4.79. The van der Waals surface area contributed by atoms with Crippen molar-refractivity contribution in [3.05, 3.63) is 124 Å². The predicted octanol–water partition coefficient (Wildman–Crippen LogP) is 14.6. The molecule has 314 valence electrons. The molecule has 0 saturated heterocycles. The number of thiophene rings is 1. The zero-order valence-corrected chi connectivity index (χ0v) is 40.6. The first-order valence-corrected chi connectivity index (χ1v) is 24.0. The van der Waals surface area contributed by atoms with E-state index in [-0.39, 0.29) is 39.2 Å². The van der Waals surface area contributed by atoms with E-state index in [1.807, 2.05) is 11.3 Å².